The average Bonchev–Trinajstić information content (AvgIpc) is 3.13. The van der Waals surface area contributed by atoms with Gasteiger partial charge in [-0.1, -0.05) is 6.07 Å². The molecule has 2 fully saturated rings. The van der Waals surface area contributed by atoms with Crippen molar-refractivity contribution >= 4 is 38.8 Å². The predicted molar refractivity (Wildman–Crippen MR) is 133 cm³/mol. The molecular formula is C25H27F2N5O2S. The van der Waals surface area contributed by atoms with Crippen LogP contribution in [0.3, 0.4) is 0 Å². The van der Waals surface area contributed by atoms with Crippen molar-refractivity contribution in [3.8, 4) is 5.75 Å². The van der Waals surface area contributed by atoms with E-state index in [0.717, 1.165) is 32.9 Å². The quantitative estimate of drug-likeness (QED) is 0.512. The number of halogens is 2. The third kappa shape index (κ3) is 3.88. The fourth-order valence-electron chi connectivity index (χ4n) is 5.38. The molecule has 5 heterocycles. The van der Waals surface area contributed by atoms with Crippen LogP contribution < -0.4 is 26.0 Å². The number of thiophene rings is 1. The molecule has 2 aromatic heterocycles. The van der Waals surface area contributed by atoms with Crippen molar-refractivity contribution in [2.24, 2.45) is 5.92 Å². The maximum atomic E-state index is 14.5. The Hall–Kier alpha value is -2.98. The lowest BCUT2D eigenvalue weighted by molar-refractivity contribution is -0.115. The summed E-state index contributed by atoms with van der Waals surface area (Å²) in [7, 11) is 0. The van der Waals surface area contributed by atoms with Crippen LogP contribution in [0.25, 0.3) is 10.2 Å². The van der Waals surface area contributed by atoms with Gasteiger partial charge in [0, 0.05) is 41.8 Å². The minimum atomic E-state index is -2.67. The maximum absolute atomic E-state index is 14.5. The van der Waals surface area contributed by atoms with Crippen LogP contribution in [0.5, 0.6) is 5.75 Å². The molecule has 0 radical (unpaired) electrons. The highest BCUT2D eigenvalue weighted by molar-refractivity contribution is 7.21. The smallest absolute Gasteiger partial charge is 0.269 e. The minimum absolute atomic E-state index is 0.197. The molecule has 3 aromatic rings. The van der Waals surface area contributed by atoms with Gasteiger partial charge in [0.05, 0.1) is 17.8 Å². The van der Waals surface area contributed by atoms with Crippen LogP contribution >= 0.6 is 11.3 Å². The number of benzene rings is 1. The van der Waals surface area contributed by atoms with Crippen LogP contribution in [0.2, 0.25) is 0 Å². The Kier molecular flexibility index (Phi) is 5.33. The molecule has 0 aliphatic carbocycles. The summed E-state index contributed by atoms with van der Waals surface area (Å²) in [6.45, 7) is 3.48. The van der Waals surface area contributed by atoms with Gasteiger partial charge in [-0.25, -0.2) is 13.8 Å². The molecule has 184 valence electrons. The molecular weight excluding hydrogens is 472 g/mol. The summed E-state index contributed by atoms with van der Waals surface area (Å²) in [5, 5.41) is 6.81. The Bertz CT molecular complexity index is 1300. The van der Waals surface area contributed by atoms with Crippen molar-refractivity contribution in [3.05, 3.63) is 46.5 Å². The van der Waals surface area contributed by atoms with E-state index in [1.54, 1.807) is 0 Å². The largest absolute Gasteiger partial charge is 0.491 e. The number of amides is 1. The number of carbonyl (C=O) groups is 1. The molecule has 35 heavy (non-hydrogen) atoms. The number of nitrogens with zero attached hydrogens (tertiary/aromatic N) is 2. The molecule has 2 saturated heterocycles. The molecule has 1 aromatic carbocycles. The Morgan fingerprint density at radius 3 is 3.00 bits per heavy atom. The normalized spacial score (nSPS) is 25.1. The summed E-state index contributed by atoms with van der Waals surface area (Å²) in [6, 6.07) is 8.62. The highest BCUT2D eigenvalue weighted by Gasteiger charge is 2.53. The third-order valence-corrected chi connectivity index (χ3v) is 8.45. The number of aromatic nitrogens is 1. The number of fused-ring (bicyclic) bond motifs is 4. The summed E-state index contributed by atoms with van der Waals surface area (Å²) in [5.74, 6) is -2.80. The van der Waals surface area contributed by atoms with E-state index < -0.39 is 17.9 Å². The first kappa shape index (κ1) is 22.5. The second-order valence-corrected chi connectivity index (χ2v) is 10.7. The number of alkyl halides is 2. The van der Waals surface area contributed by atoms with Gasteiger partial charge in [-0.05, 0) is 50.1 Å². The SMILES string of the molecule is Cc1ccc2c(N)c(C(=O)N[C@H]3COc4cc(N5CC6CCNC(C5)C6(F)F)ccc4C3)sc2n1. The number of anilines is 2. The summed E-state index contributed by atoms with van der Waals surface area (Å²) in [4.78, 5) is 20.7. The molecule has 7 nitrogen and oxygen atoms in total. The summed E-state index contributed by atoms with van der Waals surface area (Å²) in [5.41, 5.74) is 9.42. The van der Waals surface area contributed by atoms with E-state index in [4.69, 9.17) is 10.5 Å². The first-order valence-corrected chi connectivity index (χ1v) is 12.7. The summed E-state index contributed by atoms with van der Waals surface area (Å²) < 4.78 is 35.0. The van der Waals surface area contributed by atoms with Gasteiger partial charge in [0.2, 0.25) is 0 Å². The standard InChI is InChI=1S/C25H27F2N5O2S/c1-13-2-5-18-21(28)22(35-24(18)30-13)23(33)31-16-8-14-3-4-17(9-19(14)34-12-16)32-10-15-6-7-29-20(11-32)25(15,26)27/h2-5,9,15-16,20,29H,6-8,10-12,28H2,1H3,(H,31,33)/t15?,16-,20?/m1/s1. The fraction of sp³-hybridized carbons (Fsp3) is 0.440. The molecule has 0 spiro atoms. The summed E-state index contributed by atoms with van der Waals surface area (Å²) >= 11 is 1.29. The Morgan fingerprint density at radius 2 is 2.17 bits per heavy atom. The lowest BCUT2D eigenvalue weighted by atomic mass is 9.83. The number of rotatable bonds is 3. The number of nitrogens with two attached hydrogens (primary N) is 1. The van der Waals surface area contributed by atoms with E-state index in [9.17, 15) is 13.6 Å². The number of pyridine rings is 1. The van der Waals surface area contributed by atoms with Gasteiger partial charge in [-0.2, -0.15) is 0 Å². The van der Waals surface area contributed by atoms with Crippen LogP contribution in [-0.4, -0.2) is 55.1 Å². The van der Waals surface area contributed by atoms with E-state index in [1.165, 1.54) is 11.3 Å². The average molecular weight is 500 g/mol. The van der Waals surface area contributed by atoms with Crippen molar-refractivity contribution < 1.29 is 18.3 Å². The van der Waals surface area contributed by atoms with Crippen molar-refractivity contribution in [1.29, 1.82) is 0 Å². The van der Waals surface area contributed by atoms with Gasteiger partial charge in [0.25, 0.3) is 11.8 Å². The summed E-state index contributed by atoms with van der Waals surface area (Å²) in [6.07, 6.45) is 1.09. The van der Waals surface area contributed by atoms with Gasteiger partial charge in [-0.15, -0.1) is 11.3 Å². The zero-order valence-corrected chi connectivity index (χ0v) is 20.1. The number of carbonyl (C=O) groups excluding carboxylic acids is 1. The number of nitrogen functional groups attached to an aromatic ring is 1. The highest BCUT2D eigenvalue weighted by Crippen LogP contribution is 2.41. The van der Waals surface area contributed by atoms with Crippen LogP contribution in [0.1, 0.15) is 27.3 Å². The molecule has 0 saturated carbocycles. The van der Waals surface area contributed by atoms with Crippen molar-refractivity contribution in [2.45, 2.75) is 37.8 Å². The molecule has 10 heteroatoms. The number of hydrogen-bond acceptors (Lipinski definition) is 7. The fourth-order valence-corrected chi connectivity index (χ4v) is 6.42. The zero-order chi connectivity index (χ0) is 24.3. The molecule has 6 rings (SSSR count). The second kappa shape index (κ2) is 8.30. The Balaban J connectivity index is 1.15. The number of ether oxygens (including phenoxy) is 1. The first-order chi connectivity index (χ1) is 16.8. The molecule has 3 atom stereocenters. The van der Waals surface area contributed by atoms with E-state index in [1.807, 2.05) is 42.2 Å². The second-order valence-electron chi connectivity index (χ2n) is 9.70. The predicted octanol–water partition coefficient (Wildman–Crippen LogP) is 3.35. The van der Waals surface area contributed by atoms with Crippen molar-refractivity contribution in [1.82, 2.24) is 15.6 Å². The van der Waals surface area contributed by atoms with E-state index in [0.29, 0.717) is 43.1 Å². The molecule has 2 unspecified atom stereocenters. The van der Waals surface area contributed by atoms with Crippen LogP contribution in [0.4, 0.5) is 20.2 Å². The molecule has 3 aliphatic heterocycles. The lowest BCUT2D eigenvalue weighted by Crippen LogP contribution is -2.65. The van der Waals surface area contributed by atoms with E-state index in [-0.39, 0.29) is 18.5 Å². The Morgan fingerprint density at radius 1 is 1.31 bits per heavy atom. The zero-order valence-electron chi connectivity index (χ0n) is 19.3. The molecule has 4 N–H and O–H groups in total. The van der Waals surface area contributed by atoms with Gasteiger partial charge in [0.1, 0.15) is 22.1 Å². The molecule has 3 aliphatic rings. The monoisotopic (exact) mass is 499 g/mol. The number of hydrogen-bond donors (Lipinski definition) is 3. The Labute approximate surface area is 205 Å². The number of aryl methyl sites for hydroxylation is 1. The van der Waals surface area contributed by atoms with Gasteiger partial charge in [0.15, 0.2) is 0 Å². The topological polar surface area (TPSA) is 92.5 Å². The van der Waals surface area contributed by atoms with Gasteiger partial charge < -0.3 is 26.0 Å². The van der Waals surface area contributed by atoms with E-state index >= 15 is 0 Å². The van der Waals surface area contributed by atoms with E-state index in [2.05, 4.69) is 15.6 Å². The van der Waals surface area contributed by atoms with Crippen LogP contribution in [0.15, 0.2) is 30.3 Å². The maximum Gasteiger partial charge on any atom is 0.269 e. The first-order valence-electron chi connectivity index (χ1n) is 11.9. The minimum Gasteiger partial charge on any atom is -0.491 e. The number of nitrogens with one attached hydrogen (secondary N) is 2. The lowest BCUT2D eigenvalue weighted by Gasteiger charge is -2.48. The molecule has 2 bridgehead atoms. The van der Waals surface area contributed by atoms with Crippen LogP contribution in [0, 0.1) is 12.8 Å². The third-order valence-electron chi connectivity index (χ3n) is 7.33. The van der Waals surface area contributed by atoms with Crippen molar-refractivity contribution in [2.75, 3.05) is 36.9 Å². The van der Waals surface area contributed by atoms with Crippen molar-refractivity contribution in [3.63, 3.8) is 0 Å². The van der Waals surface area contributed by atoms with Gasteiger partial charge in [-0.3, -0.25) is 4.79 Å². The van der Waals surface area contributed by atoms with Gasteiger partial charge >= 0.3 is 0 Å². The number of piperidine rings is 2. The van der Waals surface area contributed by atoms with Crippen LogP contribution in [-0.2, 0) is 6.42 Å². The molecule has 1 amide bonds. The highest BCUT2D eigenvalue weighted by atomic mass is 32.1.